The molecule has 168 valence electrons. The average Bonchev–Trinajstić information content (AvgIpc) is 2.98. The summed E-state index contributed by atoms with van der Waals surface area (Å²) in [5.74, 6) is -2.41. The van der Waals surface area contributed by atoms with Crippen LogP contribution in [-0.2, 0) is 38.8 Å². The zero-order valence-electron chi connectivity index (χ0n) is 17.9. The van der Waals surface area contributed by atoms with Crippen molar-refractivity contribution in [1.82, 2.24) is 0 Å². The van der Waals surface area contributed by atoms with Crippen LogP contribution in [0.3, 0.4) is 0 Å². The van der Waals surface area contributed by atoms with Crippen LogP contribution in [0.1, 0.15) is 38.7 Å². The van der Waals surface area contributed by atoms with Crippen molar-refractivity contribution >= 4 is 29.3 Å². The molecule has 2 N–H and O–H groups in total. The quantitative estimate of drug-likeness (QED) is 0.685. The van der Waals surface area contributed by atoms with Gasteiger partial charge in [-0.05, 0) is 26.3 Å². The summed E-state index contributed by atoms with van der Waals surface area (Å²) in [6.07, 6.45) is 1.14. The van der Waals surface area contributed by atoms with E-state index in [4.69, 9.17) is 19.9 Å². The van der Waals surface area contributed by atoms with Gasteiger partial charge in [0.05, 0.1) is 18.8 Å². The number of hydrogen-bond acceptors (Lipinski definition) is 8. The minimum absolute atomic E-state index is 0.0356. The van der Waals surface area contributed by atoms with E-state index in [0.717, 1.165) is 0 Å². The number of ketones is 1. The SMILES string of the molecule is CCOC(=O)CN1C(=O)[C@]2(C(C(=O)OCC)=C(N)OC3=C2C(=O)CCC3)c2ccccc21. The van der Waals surface area contributed by atoms with Crippen LogP contribution in [0.4, 0.5) is 5.69 Å². The van der Waals surface area contributed by atoms with E-state index in [-0.39, 0.29) is 54.8 Å². The van der Waals surface area contributed by atoms with Crippen molar-refractivity contribution in [3.8, 4) is 0 Å². The van der Waals surface area contributed by atoms with Gasteiger partial charge >= 0.3 is 11.9 Å². The van der Waals surface area contributed by atoms with Crippen molar-refractivity contribution in [1.29, 1.82) is 0 Å². The van der Waals surface area contributed by atoms with Crippen molar-refractivity contribution in [2.45, 2.75) is 38.5 Å². The lowest BCUT2D eigenvalue weighted by atomic mass is 9.64. The second kappa shape index (κ2) is 8.14. The molecule has 2 heterocycles. The first-order valence-electron chi connectivity index (χ1n) is 10.6. The maximum absolute atomic E-state index is 14.1. The normalized spacial score (nSPS) is 22.0. The maximum atomic E-state index is 14.1. The van der Waals surface area contributed by atoms with Crippen molar-refractivity contribution in [2.75, 3.05) is 24.7 Å². The molecule has 1 spiro atoms. The molecule has 0 radical (unpaired) electrons. The summed E-state index contributed by atoms with van der Waals surface area (Å²) < 4.78 is 16.0. The molecule has 32 heavy (non-hydrogen) atoms. The van der Waals surface area contributed by atoms with Crippen LogP contribution in [0, 0.1) is 0 Å². The summed E-state index contributed by atoms with van der Waals surface area (Å²) in [7, 11) is 0. The number of allylic oxidation sites excluding steroid dienone is 1. The van der Waals surface area contributed by atoms with Gasteiger partial charge in [0.15, 0.2) is 5.78 Å². The highest BCUT2D eigenvalue weighted by atomic mass is 16.5. The van der Waals surface area contributed by atoms with Gasteiger partial charge in [0, 0.05) is 24.1 Å². The van der Waals surface area contributed by atoms with E-state index < -0.39 is 23.3 Å². The number of carbonyl (C=O) groups excluding carboxylic acids is 4. The van der Waals surface area contributed by atoms with E-state index in [1.807, 2.05) is 0 Å². The highest BCUT2D eigenvalue weighted by Crippen LogP contribution is 2.56. The van der Waals surface area contributed by atoms with Crippen molar-refractivity contribution < 1.29 is 33.4 Å². The number of anilines is 1. The largest absolute Gasteiger partial charge is 0.465 e. The fourth-order valence-corrected chi connectivity index (χ4v) is 4.71. The minimum atomic E-state index is -1.84. The second-order valence-electron chi connectivity index (χ2n) is 7.60. The van der Waals surface area contributed by atoms with Gasteiger partial charge in [-0.15, -0.1) is 0 Å². The molecule has 9 nitrogen and oxygen atoms in total. The van der Waals surface area contributed by atoms with Gasteiger partial charge in [0.2, 0.25) is 11.8 Å². The van der Waals surface area contributed by atoms with Crippen molar-refractivity contribution in [3.63, 3.8) is 0 Å². The van der Waals surface area contributed by atoms with Gasteiger partial charge in [-0.3, -0.25) is 19.3 Å². The van der Waals surface area contributed by atoms with Gasteiger partial charge in [-0.2, -0.15) is 0 Å². The molecular weight excluding hydrogens is 416 g/mol. The number of fused-ring (bicyclic) bond motifs is 3. The van der Waals surface area contributed by atoms with Crippen LogP contribution in [0.2, 0.25) is 0 Å². The van der Waals surface area contributed by atoms with Gasteiger partial charge < -0.3 is 19.9 Å². The lowest BCUT2D eigenvalue weighted by molar-refractivity contribution is -0.142. The van der Waals surface area contributed by atoms with Crippen LogP contribution < -0.4 is 10.6 Å². The molecule has 0 saturated heterocycles. The summed E-state index contributed by atoms with van der Waals surface area (Å²) >= 11 is 0. The number of para-hydroxylation sites is 1. The summed E-state index contributed by atoms with van der Waals surface area (Å²) in [6, 6.07) is 6.72. The van der Waals surface area contributed by atoms with Crippen LogP contribution in [0.25, 0.3) is 0 Å². The number of benzene rings is 1. The fourth-order valence-electron chi connectivity index (χ4n) is 4.71. The Morgan fingerprint density at radius 2 is 1.84 bits per heavy atom. The molecule has 1 amide bonds. The lowest BCUT2D eigenvalue weighted by Gasteiger charge is -2.38. The number of nitrogens with zero attached hydrogens (tertiary/aromatic N) is 1. The Morgan fingerprint density at radius 3 is 2.56 bits per heavy atom. The number of hydrogen-bond donors (Lipinski definition) is 1. The molecule has 1 aromatic carbocycles. The van der Waals surface area contributed by atoms with E-state index in [0.29, 0.717) is 24.1 Å². The molecule has 0 saturated carbocycles. The number of rotatable bonds is 5. The molecule has 0 unspecified atom stereocenters. The number of esters is 2. The second-order valence-corrected chi connectivity index (χ2v) is 7.60. The van der Waals surface area contributed by atoms with Gasteiger partial charge in [0.25, 0.3) is 0 Å². The predicted molar refractivity (Wildman–Crippen MR) is 112 cm³/mol. The standard InChI is InChI=1S/C23H24N2O7/c1-3-30-17(27)12-25-14-9-6-5-8-13(14)23(22(25)29)18-15(26)10-7-11-16(18)32-20(24)19(23)21(28)31-4-2/h5-6,8-9H,3-4,7,10-12,24H2,1-2H3/t23-/m1/s1. The third kappa shape index (κ3) is 2.99. The highest BCUT2D eigenvalue weighted by Gasteiger charge is 2.64. The molecule has 4 rings (SSSR count). The molecule has 1 aliphatic carbocycles. The molecular formula is C23H24N2O7. The third-order valence-corrected chi connectivity index (χ3v) is 5.83. The fraction of sp³-hybridized carbons (Fsp3) is 0.391. The molecule has 3 aliphatic rings. The van der Waals surface area contributed by atoms with Crippen LogP contribution >= 0.6 is 0 Å². The van der Waals surface area contributed by atoms with E-state index in [1.54, 1.807) is 38.1 Å². The number of ether oxygens (including phenoxy) is 3. The molecule has 0 fully saturated rings. The number of amides is 1. The smallest absolute Gasteiger partial charge is 0.341 e. The van der Waals surface area contributed by atoms with E-state index in [2.05, 4.69) is 0 Å². The molecule has 9 heteroatoms. The number of nitrogens with two attached hydrogens (primary N) is 1. The average molecular weight is 440 g/mol. The first-order valence-corrected chi connectivity index (χ1v) is 10.6. The van der Waals surface area contributed by atoms with Crippen molar-refractivity contribution in [2.24, 2.45) is 5.73 Å². The number of carbonyl (C=O) groups is 4. The van der Waals surface area contributed by atoms with E-state index >= 15 is 0 Å². The molecule has 0 aromatic heterocycles. The summed E-state index contributed by atoms with van der Waals surface area (Å²) in [5.41, 5.74) is 4.96. The van der Waals surface area contributed by atoms with Crippen LogP contribution in [0.15, 0.2) is 47.1 Å². The van der Waals surface area contributed by atoms with Crippen LogP contribution in [-0.4, -0.2) is 43.4 Å². The summed E-state index contributed by atoms with van der Waals surface area (Å²) in [6.45, 7) is 3.10. The zero-order valence-corrected chi connectivity index (χ0v) is 17.9. The molecule has 1 aromatic rings. The Morgan fingerprint density at radius 1 is 1.12 bits per heavy atom. The first kappa shape index (κ1) is 21.6. The lowest BCUT2D eigenvalue weighted by Crippen LogP contribution is -2.52. The topological polar surface area (TPSA) is 125 Å². The zero-order chi connectivity index (χ0) is 23.0. The Balaban J connectivity index is 2.01. The van der Waals surface area contributed by atoms with Gasteiger partial charge in [-0.25, -0.2) is 4.79 Å². The van der Waals surface area contributed by atoms with Gasteiger partial charge in [0.1, 0.15) is 23.3 Å². The summed E-state index contributed by atoms with van der Waals surface area (Å²) in [5, 5.41) is 0. The molecule has 0 bridgehead atoms. The Labute approximate surface area is 184 Å². The first-order chi connectivity index (χ1) is 15.4. The number of Topliss-reactive ketones (excluding diaryl/α,β-unsaturated/α-hetero) is 1. The minimum Gasteiger partial charge on any atom is -0.465 e. The molecule has 2 aliphatic heterocycles. The molecule has 1 atom stereocenters. The summed E-state index contributed by atoms with van der Waals surface area (Å²) in [4.78, 5) is 54.0. The Bertz CT molecular complexity index is 1090. The highest BCUT2D eigenvalue weighted by molar-refractivity contribution is 6.24. The van der Waals surface area contributed by atoms with Crippen molar-refractivity contribution in [3.05, 3.63) is 52.6 Å². The maximum Gasteiger partial charge on any atom is 0.341 e. The van der Waals surface area contributed by atoms with E-state index in [1.165, 1.54) is 4.90 Å². The van der Waals surface area contributed by atoms with Gasteiger partial charge in [-0.1, -0.05) is 18.2 Å². The van der Waals surface area contributed by atoms with Crippen LogP contribution in [0.5, 0.6) is 0 Å². The predicted octanol–water partition coefficient (Wildman–Crippen LogP) is 1.60. The third-order valence-electron chi connectivity index (χ3n) is 5.83. The monoisotopic (exact) mass is 440 g/mol. The Hall–Kier alpha value is -3.62. The van der Waals surface area contributed by atoms with E-state index in [9.17, 15) is 19.2 Å². The Kier molecular flexibility index (Phi) is 5.50.